The fourth-order valence-electron chi connectivity index (χ4n) is 1.58. The molecule has 2 aromatic rings. The number of pyridine rings is 1. The Labute approximate surface area is 111 Å². The molecular formula is C13H17N4S. The van der Waals surface area contributed by atoms with Crippen LogP contribution in [-0.2, 0) is 0 Å². The third-order valence-electron chi connectivity index (χ3n) is 2.52. The molecule has 0 amide bonds. The lowest BCUT2D eigenvalue weighted by atomic mass is 10.2. The fraction of sp³-hybridized carbons (Fsp3) is 0.385. The molecule has 1 radical (unpaired) electrons. The zero-order chi connectivity index (χ0) is 12.6. The fourth-order valence-corrected chi connectivity index (χ4v) is 2.38. The first-order valence-corrected chi connectivity index (χ1v) is 6.94. The molecule has 0 aliphatic carbocycles. The third kappa shape index (κ3) is 3.78. The van der Waals surface area contributed by atoms with Gasteiger partial charge in [-0.2, -0.15) is 0 Å². The first kappa shape index (κ1) is 13.0. The lowest BCUT2D eigenvalue weighted by molar-refractivity contribution is 0.707. The second-order valence-electron chi connectivity index (χ2n) is 3.95. The number of anilines is 1. The summed E-state index contributed by atoms with van der Waals surface area (Å²) in [7, 11) is 0. The average molecular weight is 261 g/mol. The van der Waals surface area contributed by atoms with E-state index in [1.807, 2.05) is 12.3 Å². The van der Waals surface area contributed by atoms with Gasteiger partial charge in [0.05, 0.1) is 10.6 Å². The van der Waals surface area contributed by atoms with E-state index in [-0.39, 0.29) is 0 Å². The molecule has 0 fully saturated rings. The van der Waals surface area contributed by atoms with Crippen molar-refractivity contribution in [3.05, 3.63) is 30.6 Å². The first-order valence-electron chi connectivity index (χ1n) is 6.12. The van der Waals surface area contributed by atoms with Gasteiger partial charge in [0.15, 0.2) is 5.13 Å². The second-order valence-corrected chi connectivity index (χ2v) is 4.98. The minimum atomic E-state index is 0.775. The normalized spacial score (nSPS) is 10.5. The molecule has 0 aliphatic heterocycles. The number of rotatable bonds is 7. The van der Waals surface area contributed by atoms with E-state index in [1.54, 1.807) is 23.6 Å². The second kappa shape index (κ2) is 7.08. The molecular weight excluding hydrogens is 244 g/mol. The van der Waals surface area contributed by atoms with Crippen LogP contribution in [0.25, 0.3) is 10.6 Å². The van der Waals surface area contributed by atoms with Crippen LogP contribution in [-0.4, -0.2) is 23.1 Å². The number of aromatic nitrogens is 2. The summed E-state index contributed by atoms with van der Waals surface area (Å²) < 4.78 is 0. The summed E-state index contributed by atoms with van der Waals surface area (Å²) in [4.78, 5) is 9.69. The number of nitrogens with one attached hydrogen (secondary N) is 1. The summed E-state index contributed by atoms with van der Waals surface area (Å²) in [6, 6.07) is 6.69. The molecule has 95 valence electrons. The standard InChI is InChI=1S/C13H17N4S/c14-7-3-1-4-9-16-13-17-10-12(18-13)11-6-2-5-8-15-11/h5-6,8,10H,1,3-4,7,9,14H2,(H,16,17). The molecule has 0 unspecified atom stereocenters. The van der Waals surface area contributed by atoms with Gasteiger partial charge >= 0.3 is 0 Å². The average Bonchev–Trinajstić information content (AvgIpc) is 2.88. The molecule has 0 aliphatic rings. The van der Waals surface area contributed by atoms with Crippen molar-refractivity contribution in [2.45, 2.75) is 19.3 Å². The van der Waals surface area contributed by atoms with Gasteiger partial charge in [-0.1, -0.05) is 17.8 Å². The highest BCUT2D eigenvalue weighted by Gasteiger charge is 2.04. The molecule has 5 heteroatoms. The van der Waals surface area contributed by atoms with E-state index in [9.17, 15) is 0 Å². The lowest BCUT2D eigenvalue weighted by Crippen LogP contribution is -2.03. The number of hydrogen-bond donors (Lipinski definition) is 2. The number of nitrogens with zero attached hydrogens (tertiary/aromatic N) is 2. The van der Waals surface area contributed by atoms with Crippen LogP contribution in [0.1, 0.15) is 19.3 Å². The Kier molecular flexibility index (Phi) is 5.11. The molecule has 0 saturated carbocycles. The molecule has 2 rings (SSSR count). The van der Waals surface area contributed by atoms with Crippen molar-refractivity contribution in [3.8, 4) is 10.6 Å². The van der Waals surface area contributed by atoms with E-state index in [0.717, 1.165) is 48.1 Å². The summed E-state index contributed by atoms with van der Waals surface area (Å²) in [5, 5.41) is 4.27. The molecule has 0 aromatic carbocycles. The molecule has 0 spiro atoms. The summed E-state index contributed by atoms with van der Waals surface area (Å²) in [5.74, 6) is 0. The third-order valence-corrected chi connectivity index (χ3v) is 3.50. The van der Waals surface area contributed by atoms with Gasteiger partial charge in [0.2, 0.25) is 0 Å². The minimum Gasteiger partial charge on any atom is -0.362 e. The molecule has 0 saturated heterocycles. The van der Waals surface area contributed by atoms with Crippen molar-refractivity contribution in [1.82, 2.24) is 9.97 Å². The van der Waals surface area contributed by atoms with Gasteiger partial charge in [-0.15, -0.1) is 0 Å². The maximum Gasteiger partial charge on any atom is 0.183 e. The van der Waals surface area contributed by atoms with E-state index in [4.69, 9.17) is 5.73 Å². The Morgan fingerprint density at radius 3 is 3.00 bits per heavy atom. The maximum atomic E-state index is 5.45. The van der Waals surface area contributed by atoms with Crippen LogP contribution in [0.3, 0.4) is 0 Å². The van der Waals surface area contributed by atoms with Gasteiger partial charge in [-0.25, -0.2) is 4.98 Å². The molecule has 4 nitrogen and oxygen atoms in total. The maximum absolute atomic E-state index is 5.45. The van der Waals surface area contributed by atoms with Gasteiger partial charge in [0.25, 0.3) is 0 Å². The Hall–Kier alpha value is -1.46. The quantitative estimate of drug-likeness (QED) is 0.752. The van der Waals surface area contributed by atoms with Crippen molar-refractivity contribution in [2.75, 3.05) is 18.4 Å². The van der Waals surface area contributed by atoms with Gasteiger partial charge < -0.3 is 11.1 Å². The van der Waals surface area contributed by atoms with Crippen molar-refractivity contribution in [3.63, 3.8) is 0 Å². The van der Waals surface area contributed by atoms with Crippen LogP contribution >= 0.6 is 11.3 Å². The van der Waals surface area contributed by atoms with E-state index >= 15 is 0 Å². The molecule has 18 heavy (non-hydrogen) atoms. The largest absolute Gasteiger partial charge is 0.362 e. The summed E-state index contributed by atoms with van der Waals surface area (Å²) in [6.45, 7) is 1.72. The minimum absolute atomic E-state index is 0.775. The van der Waals surface area contributed by atoms with Crippen LogP contribution < -0.4 is 11.1 Å². The number of thiazole rings is 1. The Balaban J connectivity index is 1.83. The van der Waals surface area contributed by atoms with Crippen LogP contribution in [0, 0.1) is 6.07 Å². The summed E-state index contributed by atoms with van der Waals surface area (Å²) in [5.41, 5.74) is 6.37. The van der Waals surface area contributed by atoms with Crippen molar-refractivity contribution >= 4 is 16.5 Å². The molecule has 3 N–H and O–H groups in total. The predicted molar refractivity (Wildman–Crippen MR) is 75.6 cm³/mol. The molecule has 0 atom stereocenters. The van der Waals surface area contributed by atoms with E-state index in [1.165, 1.54) is 0 Å². The van der Waals surface area contributed by atoms with E-state index in [2.05, 4.69) is 21.4 Å². The van der Waals surface area contributed by atoms with E-state index in [0.29, 0.717) is 0 Å². The number of hydrogen-bond acceptors (Lipinski definition) is 5. The van der Waals surface area contributed by atoms with Crippen molar-refractivity contribution in [1.29, 1.82) is 0 Å². The zero-order valence-electron chi connectivity index (χ0n) is 10.2. The smallest absolute Gasteiger partial charge is 0.183 e. The SMILES string of the molecule is NCCCCCNc1ncc(-c2c[c]ccn2)s1. The highest BCUT2D eigenvalue weighted by atomic mass is 32.1. The van der Waals surface area contributed by atoms with Gasteiger partial charge in [-0.3, -0.25) is 4.98 Å². The Morgan fingerprint density at radius 2 is 2.22 bits per heavy atom. The Bertz CT molecular complexity index is 455. The van der Waals surface area contributed by atoms with Crippen molar-refractivity contribution < 1.29 is 0 Å². The Morgan fingerprint density at radius 1 is 1.28 bits per heavy atom. The van der Waals surface area contributed by atoms with Crippen LogP contribution in [0.5, 0.6) is 0 Å². The molecule has 2 heterocycles. The topological polar surface area (TPSA) is 63.8 Å². The summed E-state index contributed by atoms with van der Waals surface area (Å²) in [6.07, 6.45) is 6.98. The van der Waals surface area contributed by atoms with Crippen LogP contribution in [0.2, 0.25) is 0 Å². The predicted octanol–water partition coefficient (Wildman–Crippen LogP) is 2.55. The molecule has 0 bridgehead atoms. The number of nitrogens with two attached hydrogens (primary N) is 1. The van der Waals surface area contributed by atoms with Crippen LogP contribution in [0.4, 0.5) is 5.13 Å². The molecule has 2 aromatic heterocycles. The highest BCUT2D eigenvalue weighted by molar-refractivity contribution is 7.18. The van der Waals surface area contributed by atoms with Crippen molar-refractivity contribution in [2.24, 2.45) is 5.73 Å². The van der Waals surface area contributed by atoms with Gasteiger partial charge in [-0.05, 0) is 37.6 Å². The summed E-state index contributed by atoms with van der Waals surface area (Å²) >= 11 is 1.62. The highest BCUT2D eigenvalue weighted by Crippen LogP contribution is 2.26. The zero-order valence-corrected chi connectivity index (χ0v) is 11.0. The van der Waals surface area contributed by atoms with Crippen LogP contribution in [0.15, 0.2) is 24.5 Å². The monoisotopic (exact) mass is 261 g/mol. The number of unbranched alkanes of at least 4 members (excludes halogenated alkanes) is 2. The van der Waals surface area contributed by atoms with E-state index < -0.39 is 0 Å². The van der Waals surface area contributed by atoms with Gasteiger partial charge in [0.1, 0.15) is 0 Å². The van der Waals surface area contributed by atoms with Gasteiger partial charge in [0, 0.05) is 18.9 Å². The first-order chi connectivity index (χ1) is 8.90. The lowest BCUT2D eigenvalue weighted by Gasteiger charge is -2.01.